The van der Waals surface area contributed by atoms with Crippen LogP contribution in [0.25, 0.3) is 0 Å². The van der Waals surface area contributed by atoms with Crippen LogP contribution in [0.5, 0.6) is 5.75 Å². The fourth-order valence-corrected chi connectivity index (χ4v) is 7.44. The van der Waals surface area contributed by atoms with Crippen LogP contribution in [0.2, 0.25) is 10.0 Å². The van der Waals surface area contributed by atoms with Crippen LogP contribution in [0.15, 0.2) is 42.5 Å². The molecule has 2 aromatic carbocycles. The maximum atomic E-state index is 13.9. The van der Waals surface area contributed by atoms with Gasteiger partial charge in [0.25, 0.3) is 0 Å². The predicted octanol–water partition coefficient (Wildman–Crippen LogP) is 6.28. The highest BCUT2D eigenvalue weighted by Gasteiger charge is 2.58. The Kier molecular flexibility index (Phi) is 9.06. The third kappa shape index (κ3) is 6.77. The van der Waals surface area contributed by atoms with E-state index in [9.17, 15) is 14.7 Å². The molecule has 8 heteroatoms. The van der Waals surface area contributed by atoms with E-state index in [1.807, 2.05) is 23.1 Å². The summed E-state index contributed by atoms with van der Waals surface area (Å²) in [5.74, 6) is 1.21. The molecule has 5 rings (SSSR count). The van der Waals surface area contributed by atoms with Crippen LogP contribution in [-0.2, 0) is 21.4 Å². The van der Waals surface area contributed by atoms with Crippen LogP contribution < -0.4 is 4.74 Å². The van der Waals surface area contributed by atoms with Crippen molar-refractivity contribution in [2.45, 2.75) is 82.8 Å². The fourth-order valence-electron chi connectivity index (χ4n) is 7.12. The summed E-state index contributed by atoms with van der Waals surface area (Å²) < 4.78 is 5.47. The molecule has 0 unspecified atom stereocenters. The first-order valence-corrected chi connectivity index (χ1v) is 15.7. The maximum Gasteiger partial charge on any atom is 0.308 e. The van der Waals surface area contributed by atoms with Crippen molar-refractivity contribution in [1.82, 2.24) is 9.80 Å². The Bertz CT molecular complexity index is 1280. The molecule has 3 fully saturated rings. The molecule has 0 bridgehead atoms. The standard InChI is InChI=1S/C33H42Cl2N2O4/c1-22(2)19-37(31(39)16-25-9-10-29(34)30(35)15-25)27-11-12-33(40)21-36(20-24-7-8-24)14-13-32(33,18-27)26-5-4-6-28(17-26)41-23(3)38/h4-6,9-10,15,17,22,24,27,40H,7-8,11-14,16,18-21H2,1-3H3/t27-,32-,33-/m0/s1. The molecule has 1 amide bonds. The Labute approximate surface area is 253 Å². The van der Waals surface area contributed by atoms with Crippen LogP contribution in [0.4, 0.5) is 0 Å². The first-order valence-electron chi connectivity index (χ1n) is 14.9. The second kappa shape index (κ2) is 12.2. The number of likely N-dealkylation sites (tertiary alicyclic amines) is 1. The van der Waals surface area contributed by atoms with Gasteiger partial charge in [-0.25, -0.2) is 0 Å². The Morgan fingerprint density at radius 3 is 2.56 bits per heavy atom. The Morgan fingerprint density at radius 1 is 1.10 bits per heavy atom. The van der Waals surface area contributed by atoms with Crippen molar-refractivity contribution in [2.24, 2.45) is 11.8 Å². The van der Waals surface area contributed by atoms with Gasteiger partial charge in [0, 0.05) is 38.0 Å². The lowest BCUT2D eigenvalue weighted by atomic mass is 9.55. The average molecular weight is 602 g/mol. The average Bonchev–Trinajstić information content (AvgIpc) is 3.72. The number of aliphatic hydroxyl groups is 1. The minimum Gasteiger partial charge on any atom is -0.427 e. The molecule has 3 aliphatic rings. The Balaban J connectivity index is 1.47. The lowest BCUT2D eigenvalue weighted by molar-refractivity contribution is -0.150. The zero-order valence-corrected chi connectivity index (χ0v) is 25.9. The molecule has 2 aliphatic carbocycles. The van der Waals surface area contributed by atoms with Crippen molar-refractivity contribution in [1.29, 1.82) is 0 Å². The van der Waals surface area contributed by atoms with E-state index >= 15 is 0 Å². The number of nitrogens with zero attached hydrogens (tertiary/aromatic N) is 2. The van der Waals surface area contributed by atoms with Gasteiger partial charge in [0.1, 0.15) is 5.75 Å². The summed E-state index contributed by atoms with van der Waals surface area (Å²) >= 11 is 12.4. The van der Waals surface area contributed by atoms with E-state index in [0.717, 1.165) is 43.0 Å². The van der Waals surface area contributed by atoms with Gasteiger partial charge in [0.05, 0.1) is 22.1 Å². The van der Waals surface area contributed by atoms with Crippen molar-refractivity contribution >= 4 is 35.1 Å². The largest absolute Gasteiger partial charge is 0.427 e. The van der Waals surface area contributed by atoms with Crippen molar-refractivity contribution in [3.63, 3.8) is 0 Å². The highest BCUT2D eigenvalue weighted by Crippen LogP contribution is 2.53. The number of benzene rings is 2. The maximum absolute atomic E-state index is 13.9. The normalized spacial score (nSPS) is 26.5. The first-order chi connectivity index (χ1) is 19.5. The SMILES string of the molecule is CC(=O)Oc1cccc([C@@]23CCN(CC4CC4)C[C@@]2(O)CC[C@H](N(CC(C)C)C(=O)Cc2ccc(Cl)c(Cl)c2)C3)c1. The molecule has 3 atom stereocenters. The molecule has 0 aromatic heterocycles. The number of rotatable bonds is 9. The second-order valence-corrected chi connectivity index (χ2v) is 13.7. The number of carbonyl (C=O) groups excluding carboxylic acids is 2. The molecular weight excluding hydrogens is 559 g/mol. The third-order valence-corrected chi connectivity index (χ3v) is 9.97. The van der Waals surface area contributed by atoms with Gasteiger partial charge in [-0.1, -0.05) is 55.2 Å². The van der Waals surface area contributed by atoms with Gasteiger partial charge >= 0.3 is 5.97 Å². The zero-order chi connectivity index (χ0) is 29.4. The van der Waals surface area contributed by atoms with Crippen molar-refractivity contribution in [3.8, 4) is 5.75 Å². The molecule has 6 nitrogen and oxygen atoms in total. The van der Waals surface area contributed by atoms with E-state index in [1.54, 1.807) is 18.2 Å². The van der Waals surface area contributed by atoms with Gasteiger partial charge in [-0.05, 0) is 92.3 Å². The smallest absolute Gasteiger partial charge is 0.308 e. The van der Waals surface area contributed by atoms with Crippen molar-refractivity contribution in [2.75, 3.05) is 26.2 Å². The Morgan fingerprint density at radius 2 is 1.88 bits per heavy atom. The minimum atomic E-state index is -0.943. The summed E-state index contributed by atoms with van der Waals surface area (Å²) in [6.07, 6.45) is 5.57. The summed E-state index contributed by atoms with van der Waals surface area (Å²) in [5, 5.41) is 13.4. The summed E-state index contributed by atoms with van der Waals surface area (Å²) in [4.78, 5) is 30.1. The van der Waals surface area contributed by atoms with Crippen LogP contribution in [0, 0.1) is 11.8 Å². The van der Waals surface area contributed by atoms with E-state index in [2.05, 4.69) is 24.8 Å². The topological polar surface area (TPSA) is 70.1 Å². The van der Waals surface area contributed by atoms with Crippen LogP contribution >= 0.6 is 23.2 Å². The van der Waals surface area contributed by atoms with Gasteiger partial charge < -0.3 is 19.6 Å². The lowest BCUT2D eigenvalue weighted by Crippen LogP contribution is -2.67. The second-order valence-electron chi connectivity index (χ2n) is 12.9. The van der Waals surface area contributed by atoms with Gasteiger partial charge in [-0.3, -0.25) is 9.59 Å². The highest BCUT2D eigenvalue weighted by molar-refractivity contribution is 6.42. The molecule has 1 heterocycles. The third-order valence-electron chi connectivity index (χ3n) is 9.23. The number of ether oxygens (including phenoxy) is 1. The highest BCUT2D eigenvalue weighted by atomic mass is 35.5. The van der Waals surface area contributed by atoms with Gasteiger partial charge in [-0.15, -0.1) is 0 Å². The van der Waals surface area contributed by atoms with Crippen molar-refractivity contribution < 1.29 is 19.4 Å². The Hall–Kier alpha value is -2.12. The molecule has 41 heavy (non-hydrogen) atoms. The molecule has 1 N–H and O–H groups in total. The van der Waals surface area contributed by atoms with Gasteiger partial charge in [-0.2, -0.15) is 0 Å². The van der Waals surface area contributed by atoms with E-state index < -0.39 is 11.0 Å². The van der Waals surface area contributed by atoms with Gasteiger partial charge in [0.2, 0.25) is 5.91 Å². The summed E-state index contributed by atoms with van der Waals surface area (Å²) in [6.45, 7) is 8.86. The van der Waals surface area contributed by atoms with E-state index in [1.165, 1.54) is 19.8 Å². The predicted molar refractivity (Wildman–Crippen MR) is 163 cm³/mol. The summed E-state index contributed by atoms with van der Waals surface area (Å²) in [7, 11) is 0. The van der Waals surface area contributed by atoms with E-state index in [0.29, 0.717) is 41.7 Å². The quantitative estimate of drug-likeness (QED) is 0.271. The molecular formula is C33H42Cl2N2O4. The lowest BCUT2D eigenvalue weighted by Gasteiger charge is -2.59. The number of amides is 1. The monoisotopic (exact) mass is 600 g/mol. The molecule has 2 saturated carbocycles. The van der Waals surface area contributed by atoms with Crippen LogP contribution in [0.1, 0.15) is 70.4 Å². The molecule has 0 radical (unpaired) electrons. The van der Waals surface area contributed by atoms with E-state index in [-0.39, 0.29) is 30.3 Å². The number of piperidine rings is 1. The first kappa shape index (κ1) is 30.3. The number of halogens is 2. The van der Waals surface area contributed by atoms with Gasteiger partial charge in [0.15, 0.2) is 0 Å². The number of hydrogen-bond donors (Lipinski definition) is 1. The summed E-state index contributed by atoms with van der Waals surface area (Å²) in [6, 6.07) is 13.0. The molecule has 1 aliphatic heterocycles. The molecule has 222 valence electrons. The fraction of sp³-hybridized carbons (Fsp3) is 0.576. The number of fused-ring (bicyclic) bond motifs is 1. The van der Waals surface area contributed by atoms with Crippen LogP contribution in [-0.4, -0.2) is 64.6 Å². The van der Waals surface area contributed by atoms with Crippen molar-refractivity contribution in [3.05, 3.63) is 63.6 Å². The number of β-amino-alcohol motifs (C(OH)–C–C–N with tert-alkyl or cyclic N) is 1. The molecule has 1 saturated heterocycles. The number of hydrogen-bond acceptors (Lipinski definition) is 5. The van der Waals surface area contributed by atoms with Crippen LogP contribution in [0.3, 0.4) is 0 Å². The number of esters is 1. The number of carbonyl (C=O) groups is 2. The molecule has 2 aromatic rings. The van der Waals surface area contributed by atoms with E-state index in [4.69, 9.17) is 27.9 Å². The molecule has 0 spiro atoms. The summed E-state index contributed by atoms with van der Waals surface area (Å²) in [5.41, 5.74) is 0.311. The zero-order valence-electron chi connectivity index (χ0n) is 24.4. The minimum absolute atomic E-state index is 0.0275.